The van der Waals surface area contributed by atoms with Gasteiger partial charge in [0.15, 0.2) is 0 Å². The van der Waals surface area contributed by atoms with Crippen LogP contribution in [0, 0.1) is 5.92 Å². The first-order chi connectivity index (χ1) is 8.16. The van der Waals surface area contributed by atoms with E-state index >= 15 is 0 Å². The fourth-order valence-corrected chi connectivity index (χ4v) is 2.19. The first-order valence-corrected chi connectivity index (χ1v) is 5.90. The van der Waals surface area contributed by atoms with Crippen molar-refractivity contribution in [3.05, 3.63) is 22.4 Å². The fraction of sp³-hybridized carbons (Fsp3) is 0.636. The molecular weight excluding hydrogens is 220 g/mol. The van der Waals surface area contributed by atoms with E-state index in [4.69, 9.17) is 0 Å². The first kappa shape index (κ1) is 11.9. The van der Waals surface area contributed by atoms with Crippen LogP contribution in [0.2, 0.25) is 0 Å². The Bertz CT molecular complexity index is 431. The molecule has 2 heterocycles. The van der Waals surface area contributed by atoms with Gasteiger partial charge >= 0.3 is 5.69 Å². The molecule has 1 aromatic rings. The van der Waals surface area contributed by atoms with Crippen molar-refractivity contribution in [2.45, 2.75) is 12.8 Å². The number of hydrogen-bond donors (Lipinski definition) is 3. The van der Waals surface area contributed by atoms with E-state index in [0.717, 1.165) is 32.5 Å². The third kappa shape index (κ3) is 2.97. The summed E-state index contributed by atoms with van der Waals surface area (Å²) in [5.41, 5.74) is -0.0185. The van der Waals surface area contributed by atoms with Crippen LogP contribution in [0.3, 0.4) is 0 Å². The van der Waals surface area contributed by atoms with E-state index in [0.29, 0.717) is 11.6 Å². The van der Waals surface area contributed by atoms with Crippen LogP contribution in [0.4, 0.5) is 0 Å². The third-order valence-corrected chi connectivity index (χ3v) is 3.16. The molecule has 1 saturated heterocycles. The molecule has 1 aliphatic rings. The number of amides is 1. The van der Waals surface area contributed by atoms with Crippen LogP contribution in [0.1, 0.15) is 23.3 Å². The van der Waals surface area contributed by atoms with Gasteiger partial charge in [0.25, 0.3) is 5.91 Å². The van der Waals surface area contributed by atoms with E-state index < -0.39 is 0 Å². The largest absolute Gasteiger partial charge is 0.340 e. The molecule has 6 nitrogen and oxygen atoms in total. The van der Waals surface area contributed by atoms with Crippen molar-refractivity contribution < 1.29 is 4.79 Å². The van der Waals surface area contributed by atoms with Crippen LogP contribution in [0.25, 0.3) is 0 Å². The summed E-state index contributed by atoms with van der Waals surface area (Å²) in [4.78, 5) is 29.5. The summed E-state index contributed by atoms with van der Waals surface area (Å²) in [6.07, 6.45) is 3.62. The zero-order valence-corrected chi connectivity index (χ0v) is 9.95. The van der Waals surface area contributed by atoms with Crippen molar-refractivity contribution in [2.24, 2.45) is 5.92 Å². The summed E-state index contributed by atoms with van der Waals surface area (Å²) in [6, 6.07) is 0. The van der Waals surface area contributed by atoms with Crippen LogP contribution in [-0.2, 0) is 0 Å². The number of aromatic amines is 2. The quantitative estimate of drug-likeness (QED) is 0.680. The lowest BCUT2D eigenvalue weighted by molar-refractivity contribution is 0.0757. The average molecular weight is 238 g/mol. The number of aromatic nitrogens is 2. The van der Waals surface area contributed by atoms with Crippen LogP contribution < -0.4 is 11.0 Å². The average Bonchev–Trinajstić information content (AvgIpc) is 2.76. The number of nitrogens with zero attached hydrogens (tertiary/aromatic N) is 1. The number of nitrogens with one attached hydrogen (secondary N) is 3. The molecule has 0 unspecified atom stereocenters. The maximum Gasteiger partial charge on any atom is 0.323 e. The number of carbonyl (C=O) groups is 1. The van der Waals surface area contributed by atoms with E-state index in [1.807, 2.05) is 0 Å². The molecule has 0 bridgehead atoms. The highest BCUT2D eigenvalue weighted by atomic mass is 16.2. The molecule has 6 heteroatoms. The molecule has 0 spiro atoms. The fourth-order valence-electron chi connectivity index (χ4n) is 2.19. The van der Waals surface area contributed by atoms with E-state index in [1.54, 1.807) is 11.9 Å². The van der Waals surface area contributed by atoms with Gasteiger partial charge in [0, 0.05) is 19.8 Å². The minimum atomic E-state index is -0.344. The Morgan fingerprint density at radius 3 is 2.76 bits per heavy atom. The van der Waals surface area contributed by atoms with Crippen LogP contribution in [-0.4, -0.2) is 47.5 Å². The smallest absolute Gasteiger partial charge is 0.323 e. The molecule has 3 N–H and O–H groups in total. The molecule has 1 fully saturated rings. The maximum absolute atomic E-state index is 12.0. The highest BCUT2D eigenvalue weighted by Crippen LogP contribution is 2.13. The van der Waals surface area contributed by atoms with Crippen molar-refractivity contribution in [1.82, 2.24) is 20.2 Å². The Morgan fingerprint density at radius 2 is 2.18 bits per heavy atom. The van der Waals surface area contributed by atoms with Gasteiger partial charge in [-0.3, -0.25) is 4.79 Å². The minimum Gasteiger partial charge on any atom is -0.340 e. The van der Waals surface area contributed by atoms with Crippen molar-refractivity contribution in [1.29, 1.82) is 0 Å². The van der Waals surface area contributed by atoms with Gasteiger partial charge in [-0.1, -0.05) is 0 Å². The van der Waals surface area contributed by atoms with Gasteiger partial charge in [0.05, 0.1) is 0 Å². The summed E-state index contributed by atoms with van der Waals surface area (Å²) < 4.78 is 0. The number of imidazole rings is 1. The lowest BCUT2D eigenvalue weighted by Gasteiger charge is -2.27. The minimum absolute atomic E-state index is 0.137. The molecule has 94 valence electrons. The monoisotopic (exact) mass is 238 g/mol. The molecule has 1 aromatic heterocycles. The number of H-pyrrole nitrogens is 2. The summed E-state index contributed by atoms with van der Waals surface area (Å²) in [7, 11) is 1.77. The summed E-state index contributed by atoms with van der Waals surface area (Å²) in [5, 5.41) is 3.30. The second-order valence-corrected chi connectivity index (χ2v) is 4.54. The van der Waals surface area contributed by atoms with Crippen molar-refractivity contribution >= 4 is 5.91 Å². The van der Waals surface area contributed by atoms with Gasteiger partial charge in [-0.2, -0.15) is 0 Å². The second kappa shape index (κ2) is 5.18. The lowest BCUT2D eigenvalue weighted by atomic mass is 9.97. The Labute approximate surface area is 99.4 Å². The molecular formula is C11H18N4O2. The van der Waals surface area contributed by atoms with Gasteiger partial charge in [-0.15, -0.1) is 0 Å². The number of rotatable bonds is 3. The van der Waals surface area contributed by atoms with Gasteiger partial charge < -0.3 is 20.2 Å². The SMILES string of the molecule is CN(CC1CCNCC1)C(=O)c1c[nH]c(=O)[nH]1. The highest BCUT2D eigenvalue weighted by Gasteiger charge is 2.19. The molecule has 0 saturated carbocycles. The molecule has 17 heavy (non-hydrogen) atoms. The Morgan fingerprint density at radius 1 is 1.47 bits per heavy atom. The number of piperidine rings is 1. The predicted octanol–water partition coefficient (Wildman–Crippen LogP) is -0.225. The van der Waals surface area contributed by atoms with Gasteiger partial charge in [-0.25, -0.2) is 4.79 Å². The normalized spacial score (nSPS) is 17.0. The van der Waals surface area contributed by atoms with E-state index in [9.17, 15) is 9.59 Å². The number of hydrogen-bond acceptors (Lipinski definition) is 3. The standard InChI is InChI=1S/C11H18N4O2/c1-15(7-8-2-4-12-5-3-8)10(16)9-6-13-11(17)14-9/h6,8,12H,2-5,7H2,1H3,(H2,13,14,17). The van der Waals surface area contributed by atoms with Crippen LogP contribution in [0.5, 0.6) is 0 Å². The van der Waals surface area contributed by atoms with E-state index in [1.165, 1.54) is 6.20 Å². The molecule has 1 aliphatic heterocycles. The second-order valence-electron chi connectivity index (χ2n) is 4.54. The summed E-state index contributed by atoms with van der Waals surface area (Å²) >= 11 is 0. The van der Waals surface area contributed by atoms with Gasteiger partial charge in [-0.05, 0) is 31.8 Å². The first-order valence-electron chi connectivity index (χ1n) is 5.90. The molecule has 1 amide bonds. The van der Waals surface area contributed by atoms with Crippen LogP contribution >= 0.6 is 0 Å². The van der Waals surface area contributed by atoms with Crippen molar-refractivity contribution in [2.75, 3.05) is 26.7 Å². The summed E-state index contributed by atoms with van der Waals surface area (Å²) in [6.45, 7) is 2.79. The van der Waals surface area contributed by atoms with E-state index in [2.05, 4.69) is 15.3 Å². The molecule has 0 aliphatic carbocycles. The van der Waals surface area contributed by atoms with Gasteiger partial charge in [0.2, 0.25) is 0 Å². The highest BCUT2D eigenvalue weighted by molar-refractivity contribution is 5.91. The molecule has 0 atom stereocenters. The molecule has 2 rings (SSSR count). The van der Waals surface area contributed by atoms with Crippen molar-refractivity contribution in [3.8, 4) is 0 Å². The Kier molecular flexibility index (Phi) is 3.63. The zero-order chi connectivity index (χ0) is 12.3. The van der Waals surface area contributed by atoms with Crippen molar-refractivity contribution in [3.63, 3.8) is 0 Å². The van der Waals surface area contributed by atoms with E-state index in [-0.39, 0.29) is 11.6 Å². The lowest BCUT2D eigenvalue weighted by Crippen LogP contribution is -2.37. The maximum atomic E-state index is 12.0. The number of carbonyl (C=O) groups excluding carboxylic acids is 1. The van der Waals surface area contributed by atoms with Crippen LogP contribution in [0.15, 0.2) is 11.0 Å². The van der Waals surface area contributed by atoms with Gasteiger partial charge in [0.1, 0.15) is 5.69 Å². The zero-order valence-electron chi connectivity index (χ0n) is 9.95. The molecule has 0 radical (unpaired) electrons. The Hall–Kier alpha value is -1.56. The molecule has 0 aromatic carbocycles. The summed E-state index contributed by atoms with van der Waals surface area (Å²) in [5.74, 6) is 0.415. The predicted molar refractivity (Wildman–Crippen MR) is 64.0 cm³/mol. The Balaban J connectivity index is 1.92. The third-order valence-electron chi connectivity index (χ3n) is 3.16. The topological polar surface area (TPSA) is 81.0 Å².